The van der Waals surface area contributed by atoms with E-state index in [-0.39, 0.29) is 30.4 Å². The topological polar surface area (TPSA) is 61.4 Å². The Bertz CT molecular complexity index is 829. The van der Waals surface area contributed by atoms with Gasteiger partial charge in [-0.1, -0.05) is 24.3 Å². The molecule has 5 nitrogen and oxygen atoms in total. The molecule has 0 aromatic heterocycles. The van der Waals surface area contributed by atoms with E-state index in [0.717, 1.165) is 12.1 Å². The highest BCUT2D eigenvalue weighted by atomic mass is 19.2. The van der Waals surface area contributed by atoms with Gasteiger partial charge >= 0.3 is 0 Å². The molecule has 3 rings (SSSR count). The molecule has 2 atom stereocenters. The first-order valence-corrected chi connectivity index (χ1v) is 8.73. The smallest absolute Gasteiger partial charge is 0.251 e. The number of likely N-dealkylation sites (N-methyl/N-ethyl adjacent to an activating group) is 1. The molecule has 0 aliphatic carbocycles. The van der Waals surface area contributed by atoms with Crippen LogP contribution in [0.1, 0.15) is 28.4 Å². The van der Waals surface area contributed by atoms with Gasteiger partial charge in [0.05, 0.1) is 12.6 Å². The number of amides is 2. The molecule has 0 radical (unpaired) electrons. The lowest BCUT2D eigenvalue weighted by Gasteiger charge is -2.26. The molecule has 1 fully saturated rings. The SMILES string of the molecule is CN1CC[C@H](NC(=O)CNC(=O)c2ccccc2)[C@@H]1c1ccc(F)c(F)c1. The molecule has 0 bridgehead atoms. The van der Waals surface area contributed by atoms with Gasteiger partial charge in [-0.3, -0.25) is 14.5 Å². The second-order valence-corrected chi connectivity index (χ2v) is 6.61. The van der Waals surface area contributed by atoms with E-state index in [1.165, 1.54) is 6.07 Å². The Morgan fingerprint density at radius 1 is 1.11 bits per heavy atom. The monoisotopic (exact) mass is 373 g/mol. The number of likely N-dealkylation sites (tertiary alicyclic amines) is 1. The Labute approximate surface area is 156 Å². The number of nitrogens with one attached hydrogen (secondary N) is 2. The van der Waals surface area contributed by atoms with E-state index in [0.29, 0.717) is 24.1 Å². The van der Waals surface area contributed by atoms with Gasteiger partial charge in [0, 0.05) is 18.2 Å². The molecule has 1 aliphatic heterocycles. The van der Waals surface area contributed by atoms with E-state index in [9.17, 15) is 18.4 Å². The fourth-order valence-electron chi connectivity index (χ4n) is 3.39. The van der Waals surface area contributed by atoms with E-state index in [2.05, 4.69) is 10.6 Å². The van der Waals surface area contributed by atoms with Gasteiger partial charge in [0.15, 0.2) is 11.6 Å². The van der Waals surface area contributed by atoms with Crippen LogP contribution in [-0.2, 0) is 4.79 Å². The predicted octanol–water partition coefficient (Wildman–Crippen LogP) is 2.26. The highest BCUT2D eigenvalue weighted by Gasteiger charge is 2.34. The number of benzene rings is 2. The minimum Gasteiger partial charge on any atom is -0.350 e. The summed E-state index contributed by atoms with van der Waals surface area (Å²) >= 11 is 0. The van der Waals surface area contributed by atoms with Crippen LogP contribution in [0.5, 0.6) is 0 Å². The van der Waals surface area contributed by atoms with Crippen molar-refractivity contribution < 1.29 is 18.4 Å². The van der Waals surface area contributed by atoms with Crippen molar-refractivity contribution in [3.05, 3.63) is 71.3 Å². The highest BCUT2D eigenvalue weighted by Crippen LogP contribution is 2.31. The molecule has 2 N–H and O–H groups in total. The van der Waals surface area contributed by atoms with Gasteiger partial charge in [-0.05, 0) is 43.3 Å². The molecule has 1 aliphatic rings. The molecule has 2 amide bonds. The van der Waals surface area contributed by atoms with Crippen LogP contribution >= 0.6 is 0 Å². The first-order valence-electron chi connectivity index (χ1n) is 8.73. The third-order valence-electron chi connectivity index (χ3n) is 4.73. The largest absolute Gasteiger partial charge is 0.350 e. The van der Waals surface area contributed by atoms with Gasteiger partial charge in [-0.25, -0.2) is 8.78 Å². The van der Waals surface area contributed by atoms with Crippen LogP contribution in [0.2, 0.25) is 0 Å². The van der Waals surface area contributed by atoms with Crippen molar-refractivity contribution in [3.63, 3.8) is 0 Å². The van der Waals surface area contributed by atoms with E-state index >= 15 is 0 Å². The van der Waals surface area contributed by atoms with Crippen molar-refractivity contribution in [2.45, 2.75) is 18.5 Å². The molecule has 2 aromatic carbocycles. The molecule has 27 heavy (non-hydrogen) atoms. The van der Waals surface area contributed by atoms with Gasteiger partial charge in [-0.2, -0.15) is 0 Å². The second-order valence-electron chi connectivity index (χ2n) is 6.61. The van der Waals surface area contributed by atoms with Crippen LogP contribution in [0, 0.1) is 11.6 Å². The number of rotatable bonds is 5. The van der Waals surface area contributed by atoms with Crippen molar-refractivity contribution in [3.8, 4) is 0 Å². The molecule has 2 aromatic rings. The molecule has 0 spiro atoms. The summed E-state index contributed by atoms with van der Waals surface area (Å²) in [5.74, 6) is -2.46. The first kappa shape index (κ1) is 19.0. The van der Waals surface area contributed by atoms with Crippen LogP contribution in [0.25, 0.3) is 0 Å². The van der Waals surface area contributed by atoms with Gasteiger partial charge in [0.1, 0.15) is 0 Å². The normalized spacial score (nSPS) is 19.7. The Hall–Kier alpha value is -2.80. The first-order chi connectivity index (χ1) is 13.0. The van der Waals surface area contributed by atoms with Gasteiger partial charge in [-0.15, -0.1) is 0 Å². The highest BCUT2D eigenvalue weighted by molar-refractivity contribution is 5.96. The van der Waals surface area contributed by atoms with Gasteiger partial charge < -0.3 is 10.6 Å². The van der Waals surface area contributed by atoms with Gasteiger partial charge in [0.25, 0.3) is 5.91 Å². The average molecular weight is 373 g/mol. The van der Waals surface area contributed by atoms with Crippen molar-refractivity contribution in [2.24, 2.45) is 0 Å². The minimum absolute atomic E-state index is 0.154. The second kappa shape index (κ2) is 8.26. The summed E-state index contributed by atoms with van der Waals surface area (Å²) in [4.78, 5) is 26.3. The van der Waals surface area contributed by atoms with Gasteiger partial charge in [0.2, 0.25) is 5.91 Å². The maximum absolute atomic E-state index is 13.6. The Kier molecular flexibility index (Phi) is 5.81. The number of carbonyl (C=O) groups is 2. The Morgan fingerprint density at radius 2 is 1.85 bits per heavy atom. The van der Waals surface area contributed by atoms with Crippen molar-refractivity contribution >= 4 is 11.8 Å². The summed E-state index contributed by atoms with van der Waals surface area (Å²) in [6.07, 6.45) is 0.679. The number of hydrogen-bond acceptors (Lipinski definition) is 3. The van der Waals surface area contributed by atoms with E-state index in [1.54, 1.807) is 30.3 Å². The molecular weight excluding hydrogens is 352 g/mol. The van der Waals surface area contributed by atoms with E-state index in [1.807, 2.05) is 11.9 Å². The molecule has 7 heteroatoms. The number of halogens is 2. The van der Waals surface area contributed by atoms with Crippen LogP contribution in [0.4, 0.5) is 8.78 Å². The maximum Gasteiger partial charge on any atom is 0.251 e. The zero-order valence-corrected chi connectivity index (χ0v) is 14.9. The van der Waals surface area contributed by atoms with E-state index in [4.69, 9.17) is 0 Å². The third kappa shape index (κ3) is 4.49. The third-order valence-corrected chi connectivity index (χ3v) is 4.73. The standard InChI is InChI=1S/C20H21F2N3O2/c1-25-10-9-17(19(25)14-7-8-15(21)16(22)11-14)24-18(26)12-23-20(27)13-5-3-2-4-6-13/h2-8,11,17,19H,9-10,12H2,1H3,(H,23,27)(H,24,26)/t17-,19-/m0/s1. The van der Waals surface area contributed by atoms with Crippen LogP contribution in [0.3, 0.4) is 0 Å². The lowest BCUT2D eigenvalue weighted by Crippen LogP contribution is -2.44. The van der Waals surface area contributed by atoms with Crippen LogP contribution < -0.4 is 10.6 Å². The summed E-state index contributed by atoms with van der Waals surface area (Å²) < 4.78 is 26.8. The number of carbonyl (C=O) groups excluding carboxylic acids is 2. The molecular formula is C20H21F2N3O2. The molecule has 142 valence electrons. The fourth-order valence-corrected chi connectivity index (χ4v) is 3.39. The minimum atomic E-state index is -0.909. The summed E-state index contributed by atoms with van der Waals surface area (Å²) in [5, 5.41) is 5.47. The zero-order valence-electron chi connectivity index (χ0n) is 14.9. The average Bonchev–Trinajstić information content (AvgIpc) is 3.03. The van der Waals surface area contributed by atoms with Crippen molar-refractivity contribution in [1.82, 2.24) is 15.5 Å². The zero-order chi connectivity index (χ0) is 19.4. The van der Waals surface area contributed by atoms with E-state index < -0.39 is 11.6 Å². The summed E-state index contributed by atoms with van der Waals surface area (Å²) in [7, 11) is 1.87. The van der Waals surface area contributed by atoms with Crippen LogP contribution in [-0.4, -0.2) is 42.9 Å². The maximum atomic E-state index is 13.6. The molecule has 1 heterocycles. The predicted molar refractivity (Wildman–Crippen MR) is 97.1 cm³/mol. The Morgan fingerprint density at radius 3 is 2.56 bits per heavy atom. The summed E-state index contributed by atoms with van der Waals surface area (Å²) in [5.41, 5.74) is 1.08. The lowest BCUT2D eigenvalue weighted by atomic mass is 10.00. The lowest BCUT2D eigenvalue weighted by molar-refractivity contribution is -0.121. The molecule has 0 unspecified atom stereocenters. The van der Waals surface area contributed by atoms with Crippen molar-refractivity contribution in [1.29, 1.82) is 0 Å². The molecule has 1 saturated heterocycles. The summed E-state index contributed by atoms with van der Waals surface area (Å²) in [6.45, 7) is 0.559. The summed E-state index contributed by atoms with van der Waals surface area (Å²) in [6, 6.07) is 11.9. The fraction of sp³-hybridized carbons (Fsp3) is 0.300. The number of nitrogens with zero attached hydrogens (tertiary/aromatic N) is 1. The molecule has 0 saturated carbocycles. The quantitative estimate of drug-likeness (QED) is 0.845. The van der Waals surface area contributed by atoms with Crippen molar-refractivity contribution in [2.75, 3.05) is 20.1 Å². The van der Waals surface area contributed by atoms with Crippen LogP contribution in [0.15, 0.2) is 48.5 Å². The number of hydrogen-bond donors (Lipinski definition) is 2. The Balaban J connectivity index is 1.60.